The molecule has 1 aliphatic heterocycles. The number of benzene rings is 2. The zero-order chi connectivity index (χ0) is 22.6. The van der Waals surface area contributed by atoms with Gasteiger partial charge in [-0.2, -0.15) is 4.31 Å². The third kappa shape index (κ3) is 4.97. The van der Waals surface area contributed by atoms with E-state index in [0.717, 1.165) is 0 Å². The van der Waals surface area contributed by atoms with E-state index in [1.807, 2.05) is 0 Å². The summed E-state index contributed by atoms with van der Waals surface area (Å²) in [4.78, 5) is 26.2. The first-order chi connectivity index (χ1) is 14.8. The van der Waals surface area contributed by atoms with Crippen LogP contribution in [-0.2, 0) is 19.6 Å². The van der Waals surface area contributed by atoms with E-state index in [1.165, 1.54) is 16.4 Å². The number of primary amides is 1. The maximum absolute atomic E-state index is 12.7. The summed E-state index contributed by atoms with van der Waals surface area (Å²) < 4.78 is 32.4. The van der Waals surface area contributed by atoms with Gasteiger partial charge in [-0.05, 0) is 30.3 Å². The first kappa shape index (κ1) is 22.6. The Morgan fingerprint density at radius 3 is 2.55 bits per heavy atom. The Morgan fingerprint density at radius 1 is 1.16 bits per heavy atom. The van der Waals surface area contributed by atoms with Gasteiger partial charge in [-0.1, -0.05) is 32.0 Å². The van der Waals surface area contributed by atoms with Crippen LogP contribution < -0.4 is 20.7 Å². The first-order valence-electron chi connectivity index (χ1n) is 9.96. The van der Waals surface area contributed by atoms with Crippen LogP contribution in [0.1, 0.15) is 13.8 Å². The van der Waals surface area contributed by atoms with Crippen LogP contribution in [0, 0.1) is 0 Å². The second-order valence-electron chi connectivity index (χ2n) is 7.02. The molecule has 0 bridgehead atoms. The monoisotopic (exact) mass is 446 g/mol. The smallest absolute Gasteiger partial charge is 0.260 e. The summed E-state index contributed by atoms with van der Waals surface area (Å²) in [6, 6.07) is 13.2. The minimum absolute atomic E-state index is 0.0584. The molecule has 0 unspecified atom stereocenters. The number of anilines is 2. The number of carbonyl (C=O) groups is 2. The molecule has 31 heavy (non-hydrogen) atoms. The maximum Gasteiger partial charge on any atom is 0.260 e. The van der Waals surface area contributed by atoms with Crippen molar-refractivity contribution in [3.8, 4) is 5.75 Å². The van der Waals surface area contributed by atoms with Crippen LogP contribution in [0.4, 0.5) is 11.4 Å². The van der Waals surface area contributed by atoms with E-state index in [2.05, 4.69) is 5.32 Å². The zero-order valence-corrected chi connectivity index (χ0v) is 18.3. The Morgan fingerprint density at radius 2 is 1.87 bits per heavy atom. The third-order valence-electron chi connectivity index (χ3n) is 4.97. The molecule has 3 rings (SSSR count). The Labute approximate surface area is 181 Å². The number of hydrogen-bond acceptors (Lipinski definition) is 6. The molecule has 10 heteroatoms. The fourth-order valence-electron chi connectivity index (χ4n) is 3.43. The van der Waals surface area contributed by atoms with Gasteiger partial charge in [0.15, 0.2) is 6.10 Å². The lowest BCUT2D eigenvalue weighted by Crippen LogP contribution is -2.49. The van der Waals surface area contributed by atoms with Gasteiger partial charge in [0.2, 0.25) is 15.9 Å². The number of sulfonamides is 1. The number of hydrogen-bond donors (Lipinski definition) is 2. The molecule has 2 aromatic carbocycles. The average Bonchev–Trinajstić information content (AvgIpc) is 2.74. The van der Waals surface area contributed by atoms with Gasteiger partial charge in [0, 0.05) is 18.8 Å². The summed E-state index contributed by atoms with van der Waals surface area (Å²) in [7, 11) is -3.64. The van der Waals surface area contributed by atoms with Gasteiger partial charge < -0.3 is 20.7 Å². The number of rotatable bonds is 8. The van der Waals surface area contributed by atoms with Crippen LogP contribution in [0.25, 0.3) is 0 Å². The maximum atomic E-state index is 12.7. The SMILES string of the molecule is CCN(CC)S(=O)(=O)c1cccc(NC(=O)CN2C[C@H](C(N)=O)Oc3ccccc32)c1. The van der Waals surface area contributed by atoms with Gasteiger partial charge in [0.1, 0.15) is 5.75 Å². The lowest BCUT2D eigenvalue weighted by molar-refractivity contribution is -0.125. The Kier molecular flexibility index (Phi) is 6.81. The highest BCUT2D eigenvalue weighted by atomic mass is 32.2. The van der Waals surface area contributed by atoms with Gasteiger partial charge in [0.05, 0.1) is 23.7 Å². The molecule has 2 amide bonds. The van der Waals surface area contributed by atoms with Gasteiger partial charge in [0.25, 0.3) is 5.91 Å². The number of amides is 2. The molecule has 0 saturated heterocycles. The highest BCUT2D eigenvalue weighted by Crippen LogP contribution is 2.32. The highest BCUT2D eigenvalue weighted by molar-refractivity contribution is 7.89. The molecule has 0 spiro atoms. The van der Waals surface area contributed by atoms with Crippen molar-refractivity contribution in [2.45, 2.75) is 24.8 Å². The highest BCUT2D eigenvalue weighted by Gasteiger charge is 2.30. The molecule has 0 saturated carbocycles. The number of nitrogens with zero attached hydrogens (tertiary/aromatic N) is 2. The van der Waals surface area contributed by atoms with Crippen molar-refractivity contribution in [2.75, 3.05) is 36.4 Å². The van der Waals surface area contributed by atoms with Gasteiger partial charge in [-0.15, -0.1) is 0 Å². The Balaban J connectivity index is 1.76. The van der Waals surface area contributed by atoms with E-state index in [9.17, 15) is 18.0 Å². The lowest BCUT2D eigenvalue weighted by Gasteiger charge is -2.34. The molecule has 0 fully saturated rings. The molecule has 0 radical (unpaired) electrons. The van der Waals surface area contributed by atoms with Crippen molar-refractivity contribution in [3.63, 3.8) is 0 Å². The molecular weight excluding hydrogens is 420 g/mol. The largest absolute Gasteiger partial charge is 0.477 e. The van der Waals surface area contributed by atoms with E-state index < -0.39 is 22.0 Å². The fraction of sp³-hybridized carbons (Fsp3) is 0.333. The molecule has 166 valence electrons. The average molecular weight is 447 g/mol. The summed E-state index contributed by atoms with van der Waals surface area (Å²) in [5.74, 6) is -0.510. The predicted molar refractivity (Wildman–Crippen MR) is 117 cm³/mol. The van der Waals surface area contributed by atoms with Crippen molar-refractivity contribution >= 4 is 33.2 Å². The number of ether oxygens (including phenoxy) is 1. The van der Waals surface area contributed by atoms with Crippen molar-refractivity contribution in [2.24, 2.45) is 5.73 Å². The van der Waals surface area contributed by atoms with E-state index in [-0.39, 0.29) is 23.9 Å². The number of carbonyl (C=O) groups excluding carboxylic acids is 2. The molecule has 3 N–H and O–H groups in total. The minimum atomic E-state index is -3.64. The normalized spacial score (nSPS) is 15.8. The predicted octanol–water partition coefficient (Wildman–Crippen LogP) is 1.41. The Bertz CT molecular complexity index is 1070. The molecule has 1 aliphatic rings. The van der Waals surface area contributed by atoms with Crippen LogP contribution in [0.3, 0.4) is 0 Å². The zero-order valence-electron chi connectivity index (χ0n) is 17.4. The standard InChI is InChI=1S/C21H26N4O5S/c1-3-25(4-2)31(28,29)16-9-7-8-15(12-16)23-20(26)14-24-13-19(21(22)27)30-18-11-6-5-10-17(18)24/h5-12,19H,3-4,13-14H2,1-2H3,(H2,22,27)(H,23,26)/t19-/m1/s1. The molecule has 9 nitrogen and oxygen atoms in total. The molecule has 1 heterocycles. The van der Waals surface area contributed by atoms with Crippen LogP contribution in [0.2, 0.25) is 0 Å². The lowest BCUT2D eigenvalue weighted by atomic mass is 10.1. The van der Waals surface area contributed by atoms with E-state index >= 15 is 0 Å². The summed E-state index contributed by atoms with van der Waals surface area (Å²) >= 11 is 0. The van der Waals surface area contributed by atoms with Gasteiger partial charge in [-0.25, -0.2) is 8.42 Å². The van der Waals surface area contributed by atoms with Crippen LogP contribution >= 0.6 is 0 Å². The van der Waals surface area contributed by atoms with Crippen molar-refractivity contribution in [3.05, 3.63) is 48.5 Å². The molecule has 2 aromatic rings. The minimum Gasteiger partial charge on any atom is -0.477 e. The van der Waals surface area contributed by atoms with E-state index in [4.69, 9.17) is 10.5 Å². The van der Waals surface area contributed by atoms with E-state index in [0.29, 0.717) is 30.2 Å². The summed E-state index contributed by atoms with van der Waals surface area (Å²) in [6.07, 6.45) is -0.870. The third-order valence-corrected chi connectivity index (χ3v) is 7.02. The molecule has 1 atom stereocenters. The van der Waals surface area contributed by atoms with Crippen molar-refractivity contribution in [1.29, 1.82) is 0 Å². The van der Waals surface area contributed by atoms with Crippen LogP contribution in [-0.4, -0.2) is 56.8 Å². The molecular formula is C21H26N4O5S. The Hall–Kier alpha value is -3.11. The summed E-state index contributed by atoms with van der Waals surface area (Å²) in [6.45, 7) is 4.32. The summed E-state index contributed by atoms with van der Waals surface area (Å²) in [5.41, 5.74) is 6.43. The topological polar surface area (TPSA) is 122 Å². The molecule has 0 aliphatic carbocycles. The second-order valence-corrected chi connectivity index (χ2v) is 8.96. The van der Waals surface area contributed by atoms with Gasteiger partial charge >= 0.3 is 0 Å². The summed E-state index contributed by atoms with van der Waals surface area (Å²) in [5, 5.41) is 2.73. The quantitative estimate of drug-likeness (QED) is 0.632. The molecule has 0 aromatic heterocycles. The number of nitrogens with one attached hydrogen (secondary N) is 1. The first-order valence-corrected chi connectivity index (χ1v) is 11.4. The van der Waals surface area contributed by atoms with Crippen molar-refractivity contribution < 1.29 is 22.7 Å². The van der Waals surface area contributed by atoms with Crippen LogP contribution in [0.15, 0.2) is 53.4 Å². The van der Waals surface area contributed by atoms with Crippen molar-refractivity contribution in [1.82, 2.24) is 4.31 Å². The van der Waals surface area contributed by atoms with Gasteiger partial charge in [-0.3, -0.25) is 9.59 Å². The number of nitrogens with two attached hydrogens (primary N) is 1. The number of fused-ring (bicyclic) bond motifs is 1. The second kappa shape index (κ2) is 9.36. The van der Waals surface area contributed by atoms with E-state index in [1.54, 1.807) is 55.1 Å². The van der Waals surface area contributed by atoms with Crippen LogP contribution in [0.5, 0.6) is 5.75 Å². The number of para-hydroxylation sites is 2. The fourth-order valence-corrected chi connectivity index (χ4v) is 4.93.